The van der Waals surface area contributed by atoms with E-state index < -0.39 is 11.2 Å². The third-order valence-electron chi connectivity index (χ3n) is 6.37. The van der Waals surface area contributed by atoms with Gasteiger partial charge in [-0.3, -0.25) is 4.90 Å². The molecule has 0 bridgehead atoms. The number of hydrogen-bond donors (Lipinski definition) is 2. The molecule has 1 atom stereocenters. The minimum atomic E-state index is -1.16. The van der Waals surface area contributed by atoms with Crippen LogP contribution in [0.1, 0.15) is 18.4 Å². The first-order valence-electron chi connectivity index (χ1n) is 11.3. The average molecular weight is 445 g/mol. The highest BCUT2D eigenvalue weighted by atomic mass is 19.1. The predicted molar refractivity (Wildman–Crippen MR) is 122 cm³/mol. The monoisotopic (exact) mass is 444 g/mol. The number of hydrogen-bond acceptors (Lipinski definition) is 6. The van der Waals surface area contributed by atoms with Gasteiger partial charge in [-0.25, -0.2) is 4.39 Å². The SMILES string of the molecule is Cc1ccc(OC[C@]2(O)COCCN(CC3(O)CCN(c4ccccc4F)CC3)C2)cc1. The van der Waals surface area contributed by atoms with Crippen molar-refractivity contribution >= 4 is 5.69 Å². The smallest absolute Gasteiger partial charge is 0.146 e. The van der Waals surface area contributed by atoms with E-state index in [2.05, 4.69) is 4.90 Å². The maximum absolute atomic E-state index is 14.1. The van der Waals surface area contributed by atoms with Crippen molar-refractivity contribution < 1.29 is 24.1 Å². The van der Waals surface area contributed by atoms with E-state index in [4.69, 9.17) is 9.47 Å². The van der Waals surface area contributed by atoms with Gasteiger partial charge in [-0.05, 0) is 44.0 Å². The molecule has 174 valence electrons. The van der Waals surface area contributed by atoms with Crippen molar-refractivity contribution in [3.63, 3.8) is 0 Å². The first-order chi connectivity index (χ1) is 15.3. The third-order valence-corrected chi connectivity index (χ3v) is 6.37. The van der Waals surface area contributed by atoms with Crippen LogP contribution in [0.25, 0.3) is 0 Å². The fraction of sp³-hybridized carbons (Fsp3) is 0.520. The summed E-state index contributed by atoms with van der Waals surface area (Å²) in [5, 5.41) is 22.4. The highest BCUT2D eigenvalue weighted by Crippen LogP contribution is 2.29. The summed E-state index contributed by atoms with van der Waals surface area (Å²) in [5.41, 5.74) is -0.314. The van der Waals surface area contributed by atoms with E-state index in [0.29, 0.717) is 63.6 Å². The van der Waals surface area contributed by atoms with Crippen molar-refractivity contribution in [2.45, 2.75) is 31.0 Å². The van der Waals surface area contributed by atoms with Crippen molar-refractivity contribution in [3.8, 4) is 5.75 Å². The molecule has 0 amide bonds. The van der Waals surface area contributed by atoms with Crippen molar-refractivity contribution in [3.05, 3.63) is 59.9 Å². The molecule has 2 aliphatic heterocycles. The minimum absolute atomic E-state index is 0.117. The maximum Gasteiger partial charge on any atom is 0.146 e. The number of nitrogens with zero attached hydrogens (tertiary/aromatic N) is 2. The molecule has 2 N–H and O–H groups in total. The second-order valence-corrected chi connectivity index (χ2v) is 9.25. The molecule has 0 unspecified atom stereocenters. The molecular weight excluding hydrogens is 411 g/mol. The Bertz CT molecular complexity index is 886. The Kier molecular flexibility index (Phi) is 7.00. The van der Waals surface area contributed by atoms with Crippen LogP contribution in [0.15, 0.2) is 48.5 Å². The first kappa shape index (κ1) is 23.0. The number of β-amino-alcohol motifs (C(OH)–C–C–N with tert-alkyl or cyclic N) is 2. The van der Waals surface area contributed by atoms with E-state index in [9.17, 15) is 14.6 Å². The summed E-state index contributed by atoms with van der Waals surface area (Å²) in [6.07, 6.45) is 1.08. The minimum Gasteiger partial charge on any atom is -0.490 e. The second kappa shape index (κ2) is 9.75. The topological polar surface area (TPSA) is 65.4 Å². The van der Waals surface area contributed by atoms with Crippen LogP contribution in [0.4, 0.5) is 10.1 Å². The van der Waals surface area contributed by atoms with Gasteiger partial charge in [0.1, 0.15) is 23.8 Å². The van der Waals surface area contributed by atoms with Crippen molar-refractivity contribution in [1.29, 1.82) is 0 Å². The highest BCUT2D eigenvalue weighted by molar-refractivity contribution is 5.48. The quantitative estimate of drug-likeness (QED) is 0.714. The zero-order valence-electron chi connectivity index (χ0n) is 18.7. The fourth-order valence-electron chi connectivity index (χ4n) is 4.52. The molecule has 2 aromatic carbocycles. The molecule has 4 rings (SSSR count). The molecule has 2 saturated heterocycles. The van der Waals surface area contributed by atoms with Gasteiger partial charge >= 0.3 is 0 Å². The summed E-state index contributed by atoms with van der Waals surface area (Å²) >= 11 is 0. The molecule has 2 heterocycles. The second-order valence-electron chi connectivity index (χ2n) is 9.25. The van der Waals surface area contributed by atoms with Crippen LogP contribution in [-0.2, 0) is 4.74 Å². The molecular formula is C25H33FN2O4. The van der Waals surface area contributed by atoms with Gasteiger partial charge in [-0.1, -0.05) is 29.8 Å². The lowest BCUT2D eigenvalue weighted by Gasteiger charge is -2.42. The van der Waals surface area contributed by atoms with Gasteiger partial charge in [0.2, 0.25) is 0 Å². The Morgan fingerprint density at radius 3 is 2.44 bits per heavy atom. The number of halogens is 1. The van der Waals surface area contributed by atoms with E-state index >= 15 is 0 Å². The van der Waals surface area contributed by atoms with E-state index in [1.54, 1.807) is 12.1 Å². The zero-order valence-corrected chi connectivity index (χ0v) is 18.7. The highest BCUT2D eigenvalue weighted by Gasteiger charge is 2.39. The Morgan fingerprint density at radius 2 is 1.72 bits per heavy atom. The lowest BCUT2D eigenvalue weighted by molar-refractivity contribution is -0.0742. The van der Waals surface area contributed by atoms with Crippen molar-refractivity contribution in [1.82, 2.24) is 4.90 Å². The van der Waals surface area contributed by atoms with E-state index in [-0.39, 0.29) is 19.0 Å². The number of para-hydroxylation sites is 1. The molecule has 6 nitrogen and oxygen atoms in total. The van der Waals surface area contributed by atoms with Crippen LogP contribution in [-0.4, -0.2) is 78.9 Å². The van der Waals surface area contributed by atoms with Crippen LogP contribution in [0.5, 0.6) is 5.75 Å². The Hall–Kier alpha value is -2.19. The molecule has 0 spiro atoms. The van der Waals surface area contributed by atoms with Gasteiger partial charge < -0.3 is 24.6 Å². The maximum atomic E-state index is 14.1. The van der Waals surface area contributed by atoms with Crippen LogP contribution >= 0.6 is 0 Å². The lowest BCUT2D eigenvalue weighted by Crippen LogP contribution is -2.55. The van der Waals surface area contributed by atoms with Gasteiger partial charge in [0.05, 0.1) is 24.5 Å². The average Bonchev–Trinajstić information content (AvgIpc) is 2.95. The largest absolute Gasteiger partial charge is 0.490 e. The standard InChI is InChI=1S/C25H33FN2O4/c1-20-6-8-21(9-7-20)32-19-25(30)17-27(14-15-31-18-25)16-24(29)10-12-28(13-11-24)23-5-3-2-4-22(23)26/h2-9,29-30H,10-19H2,1H3/t25-/m1/s1. The summed E-state index contributed by atoms with van der Waals surface area (Å²) in [6.45, 7) is 5.41. The molecule has 2 fully saturated rings. The van der Waals surface area contributed by atoms with Crippen LogP contribution < -0.4 is 9.64 Å². The number of rotatable bonds is 6. The van der Waals surface area contributed by atoms with Crippen LogP contribution in [0.3, 0.4) is 0 Å². The van der Waals surface area contributed by atoms with Gasteiger partial charge in [-0.2, -0.15) is 0 Å². The number of ether oxygens (including phenoxy) is 2. The summed E-state index contributed by atoms with van der Waals surface area (Å²) in [5.74, 6) is 0.472. The van der Waals surface area contributed by atoms with Gasteiger partial charge in [0.15, 0.2) is 0 Å². The number of piperidine rings is 1. The number of aliphatic hydroxyl groups is 2. The predicted octanol–water partition coefficient (Wildman–Crippen LogP) is 2.61. The summed E-state index contributed by atoms with van der Waals surface area (Å²) in [7, 11) is 0. The van der Waals surface area contributed by atoms with Crippen molar-refractivity contribution in [2.75, 3.05) is 57.4 Å². The van der Waals surface area contributed by atoms with Gasteiger partial charge in [0, 0.05) is 32.7 Å². The Morgan fingerprint density at radius 1 is 1.00 bits per heavy atom. The molecule has 7 heteroatoms. The normalized spacial score (nSPS) is 24.2. The number of anilines is 1. The first-order valence-corrected chi connectivity index (χ1v) is 11.3. The molecule has 2 aliphatic rings. The molecule has 2 aromatic rings. The van der Waals surface area contributed by atoms with Crippen LogP contribution in [0.2, 0.25) is 0 Å². The Labute approximate surface area is 189 Å². The van der Waals surface area contributed by atoms with E-state index in [1.165, 1.54) is 6.07 Å². The van der Waals surface area contributed by atoms with E-state index in [0.717, 1.165) is 5.56 Å². The fourth-order valence-corrected chi connectivity index (χ4v) is 4.52. The molecule has 0 aliphatic carbocycles. The molecule has 0 saturated carbocycles. The molecule has 32 heavy (non-hydrogen) atoms. The Balaban J connectivity index is 1.33. The van der Waals surface area contributed by atoms with Gasteiger partial charge in [0.25, 0.3) is 0 Å². The summed E-state index contributed by atoms with van der Waals surface area (Å²) < 4.78 is 25.6. The summed E-state index contributed by atoms with van der Waals surface area (Å²) in [6, 6.07) is 14.5. The zero-order chi connectivity index (χ0) is 22.6. The number of benzene rings is 2. The lowest BCUT2D eigenvalue weighted by atomic mass is 9.90. The van der Waals surface area contributed by atoms with Gasteiger partial charge in [-0.15, -0.1) is 0 Å². The third kappa shape index (κ3) is 5.78. The van der Waals surface area contributed by atoms with Crippen molar-refractivity contribution in [2.24, 2.45) is 0 Å². The summed E-state index contributed by atoms with van der Waals surface area (Å²) in [4.78, 5) is 4.05. The number of aryl methyl sites for hydroxylation is 1. The molecule has 0 aromatic heterocycles. The van der Waals surface area contributed by atoms with E-state index in [1.807, 2.05) is 42.2 Å². The molecule has 0 radical (unpaired) electrons. The van der Waals surface area contributed by atoms with Crippen LogP contribution in [0, 0.1) is 12.7 Å².